The smallest absolute Gasteiger partial charge is 0.408 e. The van der Waals surface area contributed by atoms with Crippen molar-refractivity contribution in [1.29, 1.82) is 0 Å². The van der Waals surface area contributed by atoms with Gasteiger partial charge >= 0.3 is 6.09 Å². The molecule has 6 nitrogen and oxygen atoms in total. The summed E-state index contributed by atoms with van der Waals surface area (Å²) in [5, 5.41) is 2.78. The van der Waals surface area contributed by atoms with E-state index < -0.39 is 11.7 Å². The number of nitrogens with one attached hydrogen (secondary N) is 2. The number of hydrogen-bond donors (Lipinski definition) is 3. The van der Waals surface area contributed by atoms with E-state index in [1.54, 1.807) is 6.33 Å². The summed E-state index contributed by atoms with van der Waals surface area (Å²) in [6.45, 7) is 5.75. The summed E-state index contributed by atoms with van der Waals surface area (Å²) in [6, 6.07) is 5.42. The predicted molar refractivity (Wildman–Crippen MR) is 77.3 cm³/mol. The molecule has 2 aromatic rings. The highest BCUT2D eigenvalue weighted by Gasteiger charge is 2.20. The number of alkyl carbamates (subject to hydrolysis) is 1. The first-order valence-electron chi connectivity index (χ1n) is 6.51. The predicted octanol–water partition coefficient (Wildman–Crippen LogP) is 2.09. The molecule has 1 unspecified atom stereocenters. The van der Waals surface area contributed by atoms with Gasteiger partial charge in [-0.05, 0) is 38.5 Å². The van der Waals surface area contributed by atoms with Gasteiger partial charge in [-0.3, -0.25) is 0 Å². The van der Waals surface area contributed by atoms with E-state index in [4.69, 9.17) is 10.5 Å². The van der Waals surface area contributed by atoms with Crippen LogP contribution in [0.5, 0.6) is 0 Å². The van der Waals surface area contributed by atoms with Crippen molar-refractivity contribution in [1.82, 2.24) is 15.3 Å². The SMILES string of the molecule is CC(C)(C)OC(=O)NC(CN)c1ccc2nc[nH]c2c1. The molecule has 108 valence electrons. The molecule has 0 fully saturated rings. The average molecular weight is 276 g/mol. The highest BCUT2D eigenvalue weighted by atomic mass is 16.6. The summed E-state index contributed by atoms with van der Waals surface area (Å²) >= 11 is 0. The molecule has 0 spiro atoms. The van der Waals surface area contributed by atoms with Crippen molar-refractivity contribution >= 4 is 17.1 Å². The first-order chi connectivity index (χ1) is 9.39. The number of carbonyl (C=O) groups is 1. The van der Waals surface area contributed by atoms with Gasteiger partial charge in [0.2, 0.25) is 0 Å². The van der Waals surface area contributed by atoms with Gasteiger partial charge in [-0.15, -0.1) is 0 Å². The van der Waals surface area contributed by atoms with Crippen LogP contribution in [0.2, 0.25) is 0 Å². The van der Waals surface area contributed by atoms with Gasteiger partial charge in [-0.25, -0.2) is 9.78 Å². The van der Waals surface area contributed by atoms with Crippen molar-refractivity contribution in [2.45, 2.75) is 32.4 Å². The molecule has 0 saturated heterocycles. The molecule has 0 saturated carbocycles. The van der Waals surface area contributed by atoms with E-state index in [2.05, 4.69) is 15.3 Å². The van der Waals surface area contributed by atoms with E-state index in [0.717, 1.165) is 16.6 Å². The molecule has 4 N–H and O–H groups in total. The van der Waals surface area contributed by atoms with Crippen LogP contribution >= 0.6 is 0 Å². The Bertz CT molecular complexity index is 600. The second kappa shape index (κ2) is 5.50. The molecule has 0 bridgehead atoms. The summed E-state index contributed by atoms with van der Waals surface area (Å²) in [7, 11) is 0. The van der Waals surface area contributed by atoms with E-state index in [0.29, 0.717) is 6.54 Å². The molecule has 1 amide bonds. The van der Waals surface area contributed by atoms with Crippen LogP contribution in [-0.4, -0.2) is 28.2 Å². The number of aromatic amines is 1. The normalized spacial score (nSPS) is 13.2. The topological polar surface area (TPSA) is 93.0 Å². The zero-order valence-electron chi connectivity index (χ0n) is 11.9. The van der Waals surface area contributed by atoms with Crippen LogP contribution < -0.4 is 11.1 Å². The number of fused-ring (bicyclic) bond motifs is 1. The first kappa shape index (κ1) is 14.3. The van der Waals surface area contributed by atoms with E-state index in [1.165, 1.54) is 0 Å². The Balaban J connectivity index is 2.13. The Morgan fingerprint density at radius 3 is 2.90 bits per heavy atom. The van der Waals surface area contributed by atoms with Crippen molar-refractivity contribution in [3.63, 3.8) is 0 Å². The lowest BCUT2D eigenvalue weighted by Gasteiger charge is -2.23. The van der Waals surface area contributed by atoms with Crippen molar-refractivity contribution in [3.05, 3.63) is 30.1 Å². The molecule has 1 aromatic heterocycles. The van der Waals surface area contributed by atoms with Crippen molar-refractivity contribution < 1.29 is 9.53 Å². The third-order valence-electron chi connectivity index (χ3n) is 2.77. The van der Waals surface area contributed by atoms with E-state index >= 15 is 0 Å². The fourth-order valence-electron chi connectivity index (χ4n) is 1.90. The molecule has 1 aromatic carbocycles. The number of aromatic nitrogens is 2. The standard InChI is InChI=1S/C14H20N4O2/c1-14(2,3)20-13(19)18-12(7-15)9-4-5-10-11(6-9)17-8-16-10/h4-6,8,12H,7,15H2,1-3H3,(H,16,17)(H,18,19). The van der Waals surface area contributed by atoms with Gasteiger partial charge in [0.1, 0.15) is 5.60 Å². The number of benzene rings is 1. The summed E-state index contributed by atoms with van der Waals surface area (Å²) in [6.07, 6.45) is 1.16. The third-order valence-corrected chi connectivity index (χ3v) is 2.77. The lowest BCUT2D eigenvalue weighted by Crippen LogP contribution is -2.37. The molecule has 2 rings (SSSR count). The number of rotatable bonds is 3. The van der Waals surface area contributed by atoms with E-state index in [1.807, 2.05) is 39.0 Å². The van der Waals surface area contributed by atoms with Crippen LogP contribution in [0.3, 0.4) is 0 Å². The Morgan fingerprint density at radius 1 is 1.50 bits per heavy atom. The number of ether oxygens (including phenoxy) is 1. The van der Waals surface area contributed by atoms with Crippen LogP contribution in [0.4, 0.5) is 4.79 Å². The molecule has 1 heterocycles. The average Bonchev–Trinajstić information content (AvgIpc) is 2.80. The van der Waals surface area contributed by atoms with Crippen molar-refractivity contribution in [3.8, 4) is 0 Å². The summed E-state index contributed by atoms with van der Waals surface area (Å²) in [5.74, 6) is 0. The van der Waals surface area contributed by atoms with E-state index in [9.17, 15) is 4.79 Å². The van der Waals surface area contributed by atoms with Crippen LogP contribution in [-0.2, 0) is 4.74 Å². The van der Waals surface area contributed by atoms with Crippen LogP contribution in [0.25, 0.3) is 11.0 Å². The number of carbonyl (C=O) groups excluding carboxylic acids is 1. The number of amides is 1. The number of nitrogens with zero attached hydrogens (tertiary/aromatic N) is 1. The number of imidazole rings is 1. The quantitative estimate of drug-likeness (QED) is 0.800. The summed E-state index contributed by atoms with van der Waals surface area (Å²) in [4.78, 5) is 19.0. The monoisotopic (exact) mass is 276 g/mol. The number of H-pyrrole nitrogens is 1. The Labute approximate surface area is 117 Å². The van der Waals surface area contributed by atoms with Gasteiger partial charge in [0.15, 0.2) is 0 Å². The Morgan fingerprint density at radius 2 is 2.25 bits per heavy atom. The first-order valence-corrected chi connectivity index (χ1v) is 6.51. The summed E-state index contributed by atoms with van der Waals surface area (Å²) in [5.41, 5.74) is 7.91. The van der Waals surface area contributed by atoms with Crippen LogP contribution in [0.1, 0.15) is 32.4 Å². The van der Waals surface area contributed by atoms with Gasteiger partial charge in [0, 0.05) is 6.54 Å². The Hall–Kier alpha value is -2.08. The maximum atomic E-state index is 11.8. The fraction of sp³-hybridized carbons (Fsp3) is 0.429. The van der Waals surface area contributed by atoms with Crippen molar-refractivity contribution in [2.24, 2.45) is 5.73 Å². The molecule has 0 aliphatic carbocycles. The lowest BCUT2D eigenvalue weighted by molar-refractivity contribution is 0.0505. The highest BCUT2D eigenvalue weighted by Crippen LogP contribution is 2.18. The minimum atomic E-state index is -0.531. The van der Waals surface area contributed by atoms with Gasteiger partial charge < -0.3 is 20.8 Å². The molecule has 6 heteroatoms. The largest absolute Gasteiger partial charge is 0.444 e. The number of nitrogens with two attached hydrogens (primary N) is 1. The van der Waals surface area contributed by atoms with Gasteiger partial charge in [0.05, 0.1) is 23.4 Å². The summed E-state index contributed by atoms with van der Waals surface area (Å²) < 4.78 is 5.24. The zero-order chi connectivity index (χ0) is 14.8. The molecular weight excluding hydrogens is 256 g/mol. The fourth-order valence-corrected chi connectivity index (χ4v) is 1.90. The molecular formula is C14H20N4O2. The molecule has 0 aliphatic heterocycles. The maximum absolute atomic E-state index is 11.8. The second-order valence-electron chi connectivity index (χ2n) is 5.61. The van der Waals surface area contributed by atoms with Crippen LogP contribution in [0, 0.1) is 0 Å². The van der Waals surface area contributed by atoms with Gasteiger partial charge in [0.25, 0.3) is 0 Å². The zero-order valence-corrected chi connectivity index (χ0v) is 11.9. The van der Waals surface area contributed by atoms with Gasteiger partial charge in [-0.2, -0.15) is 0 Å². The minimum absolute atomic E-state index is 0.291. The second-order valence-corrected chi connectivity index (χ2v) is 5.61. The molecule has 0 aliphatic rings. The maximum Gasteiger partial charge on any atom is 0.408 e. The molecule has 0 radical (unpaired) electrons. The number of hydrogen-bond acceptors (Lipinski definition) is 4. The van der Waals surface area contributed by atoms with Gasteiger partial charge in [-0.1, -0.05) is 6.07 Å². The Kier molecular flexibility index (Phi) is 3.94. The highest BCUT2D eigenvalue weighted by molar-refractivity contribution is 5.75. The minimum Gasteiger partial charge on any atom is -0.444 e. The van der Waals surface area contributed by atoms with E-state index in [-0.39, 0.29) is 6.04 Å². The molecule has 20 heavy (non-hydrogen) atoms. The third kappa shape index (κ3) is 3.48. The van der Waals surface area contributed by atoms with Crippen LogP contribution in [0.15, 0.2) is 24.5 Å². The molecule has 1 atom stereocenters. The lowest BCUT2D eigenvalue weighted by atomic mass is 10.1. The van der Waals surface area contributed by atoms with Crippen molar-refractivity contribution in [2.75, 3.05) is 6.54 Å².